The molecule has 15 heavy (non-hydrogen) atoms. The molecule has 1 N–H and O–H groups in total. The zero-order chi connectivity index (χ0) is 10.7. The molecule has 0 aliphatic rings. The summed E-state index contributed by atoms with van der Waals surface area (Å²) in [6.45, 7) is 0. The third kappa shape index (κ3) is 1.88. The maximum absolute atomic E-state index is 11.4. The first kappa shape index (κ1) is 9.45. The van der Waals surface area contributed by atoms with Crippen molar-refractivity contribution in [3.05, 3.63) is 42.6 Å². The average Bonchev–Trinajstić information content (AvgIpc) is 2.82. The number of furan rings is 1. The molecule has 0 atom stereocenters. The molecule has 0 bridgehead atoms. The van der Waals surface area contributed by atoms with Crippen molar-refractivity contribution in [3.63, 3.8) is 0 Å². The molecule has 0 radical (unpaired) electrons. The molecule has 0 spiro atoms. The molecule has 76 valence electrons. The smallest absolute Gasteiger partial charge is 0.252 e. The zero-order valence-electron chi connectivity index (χ0n) is 8.23. The van der Waals surface area contributed by atoms with Crippen LogP contribution in [-0.4, -0.2) is 17.9 Å². The molecular formula is C11H10N2O2. The molecule has 0 saturated heterocycles. The minimum atomic E-state index is -0.146. The van der Waals surface area contributed by atoms with Gasteiger partial charge in [0.2, 0.25) is 0 Å². The summed E-state index contributed by atoms with van der Waals surface area (Å²) in [5.41, 5.74) is 2.31. The molecule has 2 rings (SSSR count). The average molecular weight is 202 g/mol. The Morgan fingerprint density at radius 1 is 1.40 bits per heavy atom. The highest BCUT2D eigenvalue weighted by atomic mass is 16.3. The van der Waals surface area contributed by atoms with E-state index in [1.165, 1.54) is 6.20 Å². The number of hydrogen-bond acceptors (Lipinski definition) is 3. The number of carbonyl (C=O) groups excluding carboxylic acids is 1. The van der Waals surface area contributed by atoms with E-state index in [4.69, 9.17) is 4.42 Å². The minimum absolute atomic E-state index is 0.146. The fraction of sp³-hybridized carbons (Fsp3) is 0.0909. The van der Waals surface area contributed by atoms with E-state index in [0.717, 1.165) is 11.1 Å². The van der Waals surface area contributed by atoms with Gasteiger partial charge in [-0.1, -0.05) is 0 Å². The van der Waals surface area contributed by atoms with Crippen LogP contribution in [0, 0.1) is 0 Å². The fourth-order valence-electron chi connectivity index (χ4n) is 1.30. The second kappa shape index (κ2) is 3.96. The van der Waals surface area contributed by atoms with Gasteiger partial charge in [-0.25, -0.2) is 0 Å². The Hall–Kier alpha value is -2.10. The van der Waals surface area contributed by atoms with Gasteiger partial charge in [-0.05, 0) is 12.1 Å². The predicted octanol–water partition coefficient (Wildman–Crippen LogP) is 1.70. The Balaban J connectivity index is 2.39. The van der Waals surface area contributed by atoms with E-state index in [0.29, 0.717) is 5.56 Å². The summed E-state index contributed by atoms with van der Waals surface area (Å²) in [6.07, 6.45) is 6.42. The summed E-state index contributed by atoms with van der Waals surface area (Å²) in [6, 6.07) is 3.60. The molecule has 0 aromatic carbocycles. The van der Waals surface area contributed by atoms with Gasteiger partial charge in [-0.2, -0.15) is 0 Å². The molecule has 0 fully saturated rings. The molecule has 0 saturated carbocycles. The van der Waals surface area contributed by atoms with Gasteiger partial charge in [0.05, 0.1) is 18.1 Å². The maximum Gasteiger partial charge on any atom is 0.252 e. The lowest BCUT2D eigenvalue weighted by Gasteiger charge is -2.01. The number of nitrogens with one attached hydrogen (secondary N) is 1. The summed E-state index contributed by atoms with van der Waals surface area (Å²) in [4.78, 5) is 15.4. The van der Waals surface area contributed by atoms with E-state index in [9.17, 15) is 4.79 Å². The van der Waals surface area contributed by atoms with Crippen molar-refractivity contribution in [1.29, 1.82) is 0 Å². The van der Waals surface area contributed by atoms with Crippen molar-refractivity contribution < 1.29 is 9.21 Å². The van der Waals surface area contributed by atoms with Gasteiger partial charge in [0, 0.05) is 30.6 Å². The quantitative estimate of drug-likeness (QED) is 0.806. The fourth-order valence-corrected chi connectivity index (χ4v) is 1.30. The van der Waals surface area contributed by atoms with E-state index in [2.05, 4.69) is 10.3 Å². The summed E-state index contributed by atoms with van der Waals surface area (Å²) in [7, 11) is 1.59. The highest BCUT2D eigenvalue weighted by Gasteiger charge is 2.06. The van der Waals surface area contributed by atoms with Crippen LogP contribution in [0.4, 0.5) is 0 Å². The third-order valence-electron chi connectivity index (χ3n) is 2.08. The van der Waals surface area contributed by atoms with Gasteiger partial charge in [0.1, 0.15) is 0 Å². The normalized spacial score (nSPS) is 9.93. The van der Waals surface area contributed by atoms with Crippen molar-refractivity contribution in [3.8, 4) is 11.1 Å². The summed E-state index contributed by atoms with van der Waals surface area (Å²) in [5, 5.41) is 2.55. The highest BCUT2D eigenvalue weighted by Crippen LogP contribution is 2.19. The molecular weight excluding hydrogens is 192 g/mol. The molecule has 0 aliphatic heterocycles. The molecule has 2 heterocycles. The van der Waals surface area contributed by atoms with Crippen molar-refractivity contribution in [2.75, 3.05) is 7.05 Å². The van der Waals surface area contributed by atoms with Gasteiger partial charge < -0.3 is 9.73 Å². The van der Waals surface area contributed by atoms with Gasteiger partial charge in [-0.15, -0.1) is 0 Å². The van der Waals surface area contributed by atoms with Gasteiger partial charge in [0.15, 0.2) is 0 Å². The van der Waals surface area contributed by atoms with Crippen LogP contribution in [0.25, 0.3) is 11.1 Å². The summed E-state index contributed by atoms with van der Waals surface area (Å²) in [5.74, 6) is -0.146. The summed E-state index contributed by atoms with van der Waals surface area (Å²) >= 11 is 0. The van der Waals surface area contributed by atoms with Crippen LogP contribution in [0.2, 0.25) is 0 Å². The molecule has 0 unspecified atom stereocenters. The second-order valence-electron chi connectivity index (χ2n) is 3.05. The van der Waals surface area contributed by atoms with E-state index in [-0.39, 0.29) is 5.91 Å². The first-order valence-electron chi connectivity index (χ1n) is 4.51. The van der Waals surface area contributed by atoms with Crippen LogP contribution in [0.5, 0.6) is 0 Å². The molecule has 0 aliphatic carbocycles. The molecule has 1 amide bonds. The second-order valence-corrected chi connectivity index (χ2v) is 3.05. The summed E-state index contributed by atoms with van der Waals surface area (Å²) < 4.78 is 4.97. The number of pyridine rings is 1. The number of amides is 1. The van der Waals surface area contributed by atoms with Crippen molar-refractivity contribution >= 4 is 5.91 Å². The van der Waals surface area contributed by atoms with E-state index >= 15 is 0 Å². The Bertz CT molecular complexity index is 463. The molecule has 2 aromatic rings. The Kier molecular flexibility index (Phi) is 2.49. The molecule has 4 heteroatoms. The van der Waals surface area contributed by atoms with Gasteiger partial charge in [-0.3, -0.25) is 9.78 Å². The predicted molar refractivity (Wildman–Crippen MR) is 55.3 cm³/mol. The zero-order valence-corrected chi connectivity index (χ0v) is 8.23. The Morgan fingerprint density at radius 3 is 2.93 bits per heavy atom. The number of aromatic nitrogens is 1. The monoisotopic (exact) mass is 202 g/mol. The highest BCUT2D eigenvalue weighted by molar-refractivity contribution is 5.94. The van der Waals surface area contributed by atoms with Crippen LogP contribution in [0.15, 0.2) is 41.5 Å². The van der Waals surface area contributed by atoms with E-state index in [1.54, 1.807) is 31.8 Å². The number of nitrogens with zero attached hydrogens (tertiary/aromatic N) is 1. The lowest BCUT2D eigenvalue weighted by Crippen LogP contribution is -2.17. The van der Waals surface area contributed by atoms with Crippen LogP contribution in [0.1, 0.15) is 10.4 Å². The van der Waals surface area contributed by atoms with Crippen molar-refractivity contribution in [2.24, 2.45) is 0 Å². The number of rotatable bonds is 2. The minimum Gasteiger partial charge on any atom is -0.472 e. The van der Waals surface area contributed by atoms with Crippen LogP contribution < -0.4 is 5.32 Å². The van der Waals surface area contributed by atoms with Crippen LogP contribution in [0.3, 0.4) is 0 Å². The third-order valence-corrected chi connectivity index (χ3v) is 2.08. The topological polar surface area (TPSA) is 55.1 Å². The largest absolute Gasteiger partial charge is 0.472 e. The Morgan fingerprint density at radius 2 is 2.27 bits per heavy atom. The lowest BCUT2D eigenvalue weighted by molar-refractivity contribution is 0.0963. The molecule has 4 nitrogen and oxygen atoms in total. The number of hydrogen-bond donors (Lipinski definition) is 1. The van der Waals surface area contributed by atoms with Crippen LogP contribution >= 0.6 is 0 Å². The molecule has 2 aromatic heterocycles. The van der Waals surface area contributed by atoms with Crippen molar-refractivity contribution in [1.82, 2.24) is 10.3 Å². The van der Waals surface area contributed by atoms with Crippen LogP contribution in [-0.2, 0) is 0 Å². The van der Waals surface area contributed by atoms with E-state index in [1.807, 2.05) is 6.07 Å². The van der Waals surface area contributed by atoms with E-state index < -0.39 is 0 Å². The first-order chi connectivity index (χ1) is 7.31. The number of carbonyl (C=O) groups is 1. The Labute approximate surface area is 86.9 Å². The SMILES string of the molecule is CNC(=O)c1cncc(-c2ccoc2)c1. The first-order valence-corrected chi connectivity index (χ1v) is 4.51. The maximum atomic E-state index is 11.4. The van der Waals surface area contributed by atoms with Gasteiger partial charge >= 0.3 is 0 Å². The van der Waals surface area contributed by atoms with Gasteiger partial charge in [0.25, 0.3) is 5.91 Å². The standard InChI is InChI=1S/C11H10N2O2/c1-12-11(14)10-4-9(5-13-6-10)8-2-3-15-7-8/h2-7H,1H3,(H,12,14). The van der Waals surface area contributed by atoms with Crippen molar-refractivity contribution in [2.45, 2.75) is 0 Å². The lowest BCUT2D eigenvalue weighted by atomic mass is 10.1.